The van der Waals surface area contributed by atoms with Gasteiger partial charge >= 0.3 is 0 Å². The van der Waals surface area contributed by atoms with E-state index in [1.54, 1.807) is 0 Å². The summed E-state index contributed by atoms with van der Waals surface area (Å²) in [6.45, 7) is 0. The Bertz CT molecular complexity index is 264. The highest BCUT2D eigenvalue weighted by Crippen LogP contribution is 2.57. The van der Waals surface area contributed by atoms with Crippen molar-refractivity contribution in [1.82, 2.24) is 0 Å². The summed E-state index contributed by atoms with van der Waals surface area (Å²) in [5.74, 6) is 2.02. The zero-order valence-corrected chi connectivity index (χ0v) is 7.74. The molecule has 0 radical (unpaired) electrons. The fourth-order valence-electron chi connectivity index (χ4n) is 4.19. The molecule has 70 valence electrons. The molecular weight excluding hydrogens is 162 g/mol. The van der Waals surface area contributed by atoms with E-state index in [-0.39, 0.29) is 11.5 Å². The van der Waals surface area contributed by atoms with Crippen molar-refractivity contribution in [3.05, 3.63) is 0 Å². The van der Waals surface area contributed by atoms with Gasteiger partial charge in [-0.3, -0.25) is 0 Å². The molecule has 4 fully saturated rings. The molecule has 2 nitrogen and oxygen atoms in total. The van der Waals surface area contributed by atoms with Crippen LogP contribution in [0.3, 0.4) is 0 Å². The first-order chi connectivity index (χ1) is 6.20. The summed E-state index contributed by atoms with van der Waals surface area (Å²) in [6.07, 6.45) is 5.22. The van der Waals surface area contributed by atoms with Crippen molar-refractivity contribution in [2.45, 2.75) is 37.7 Å². The van der Waals surface area contributed by atoms with Crippen LogP contribution in [0.1, 0.15) is 32.1 Å². The van der Waals surface area contributed by atoms with E-state index >= 15 is 0 Å². The van der Waals surface area contributed by atoms with Gasteiger partial charge in [-0.1, -0.05) is 0 Å². The van der Waals surface area contributed by atoms with Gasteiger partial charge in [0.25, 0.3) is 0 Å². The van der Waals surface area contributed by atoms with E-state index in [0.717, 1.165) is 25.2 Å². The largest absolute Gasteiger partial charge is 0.390 e. The van der Waals surface area contributed by atoms with Crippen LogP contribution in [0.5, 0.6) is 0 Å². The Morgan fingerprint density at radius 2 is 1.77 bits per heavy atom. The molecule has 0 spiro atoms. The van der Waals surface area contributed by atoms with Crippen molar-refractivity contribution in [2.24, 2.45) is 23.7 Å². The summed E-state index contributed by atoms with van der Waals surface area (Å²) in [6, 6.07) is 2.45. The molecule has 0 aromatic heterocycles. The van der Waals surface area contributed by atoms with Crippen molar-refractivity contribution >= 4 is 0 Å². The summed E-state index contributed by atoms with van der Waals surface area (Å²) in [7, 11) is 0. The van der Waals surface area contributed by atoms with Gasteiger partial charge in [-0.2, -0.15) is 5.26 Å². The average molecular weight is 177 g/mol. The van der Waals surface area contributed by atoms with Crippen molar-refractivity contribution in [3.8, 4) is 6.07 Å². The summed E-state index contributed by atoms with van der Waals surface area (Å²) >= 11 is 0. The zero-order chi connectivity index (χ0) is 9.05. The van der Waals surface area contributed by atoms with E-state index in [0.29, 0.717) is 11.8 Å². The molecular formula is C11H15NO. The molecule has 4 aliphatic rings. The quantitative estimate of drug-likeness (QED) is 0.612. The van der Waals surface area contributed by atoms with E-state index in [1.807, 2.05) is 0 Å². The maximum atomic E-state index is 10.2. The average Bonchev–Trinajstić information content (AvgIpc) is 2.00. The van der Waals surface area contributed by atoms with Gasteiger partial charge in [-0.05, 0) is 49.9 Å². The summed E-state index contributed by atoms with van der Waals surface area (Å²) in [4.78, 5) is 0. The highest BCUT2D eigenvalue weighted by Gasteiger charge is 2.54. The lowest BCUT2D eigenvalue weighted by molar-refractivity contribution is -0.140. The van der Waals surface area contributed by atoms with Gasteiger partial charge in [-0.25, -0.2) is 0 Å². The predicted molar refractivity (Wildman–Crippen MR) is 47.6 cm³/mol. The Balaban J connectivity index is 1.95. The van der Waals surface area contributed by atoms with Crippen LogP contribution in [0.4, 0.5) is 0 Å². The molecule has 0 amide bonds. The van der Waals surface area contributed by atoms with Crippen LogP contribution in [-0.4, -0.2) is 10.7 Å². The number of nitrogens with zero attached hydrogens (tertiary/aromatic N) is 1. The second kappa shape index (κ2) is 2.27. The molecule has 13 heavy (non-hydrogen) atoms. The van der Waals surface area contributed by atoms with E-state index in [9.17, 15) is 5.11 Å². The monoisotopic (exact) mass is 177 g/mol. The molecule has 4 saturated carbocycles. The molecule has 4 aliphatic carbocycles. The highest BCUT2D eigenvalue weighted by molar-refractivity contribution is 5.10. The second-order valence-corrected chi connectivity index (χ2v) is 5.35. The van der Waals surface area contributed by atoms with Crippen LogP contribution < -0.4 is 0 Å². The van der Waals surface area contributed by atoms with Crippen LogP contribution in [-0.2, 0) is 0 Å². The molecule has 5 atom stereocenters. The van der Waals surface area contributed by atoms with E-state index in [2.05, 4.69) is 6.07 Å². The number of aliphatic hydroxyl groups is 1. The summed E-state index contributed by atoms with van der Waals surface area (Å²) in [5.41, 5.74) is -0.371. The Hall–Kier alpha value is -0.550. The predicted octanol–water partition coefficient (Wildman–Crippen LogP) is 1.70. The van der Waals surface area contributed by atoms with Crippen molar-refractivity contribution in [1.29, 1.82) is 5.26 Å². The molecule has 0 unspecified atom stereocenters. The third-order valence-corrected chi connectivity index (χ3v) is 4.39. The lowest BCUT2D eigenvalue weighted by Crippen LogP contribution is -2.54. The third-order valence-electron chi connectivity index (χ3n) is 4.39. The minimum absolute atomic E-state index is 0.261. The zero-order valence-electron chi connectivity index (χ0n) is 7.74. The maximum absolute atomic E-state index is 10.2. The summed E-state index contributed by atoms with van der Waals surface area (Å²) < 4.78 is 0. The molecule has 0 aliphatic heterocycles. The minimum Gasteiger partial charge on any atom is -0.390 e. The van der Waals surface area contributed by atoms with Gasteiger partial charge in [0.05, 0.1) is 17.6 Å². The first-order valence-corrected chi connectivity index (χ1v) is 5.32. The first-order valence-electron chi connectivity index (χ1n) is 5.32. The molecule has 2 heteroatoms. The van der Waals surface area contributed by atoms with Crippen molar-refractivity contribution in [2.75, 3.05) is 0 Å². The third kappa shape index (κ3) is 0.971. The Morgan fingerprint density at radius 3 is 2.23 bits per heavy atom. The van der Waals surface area contributed by atoms with Gasteiger partial charge in [0.1, 0.15) is 0 Å². The van der Waals surface area contributed by atoms with Gasteiger partial charge in [0, 0.05) is 0 Å². The molecule has 0 heterocycles. The molecule has 0 saturated heterocycles. The SMILES string of the molecule is N#C[C@@H]1[C@@H]2C[C@@H]3C[C@H]1C[C@@](O)(C3)C2. The van der Waals surface area contributed by atoms with Gasteiger partial charge in [-0.15, -0.1) is 0 Å². The lowest BCUT2D eigenvalue weighted by atomic mass is 9.50. The Kier molecular flexibility index (Phi) is 1.37. The number of hydrogen-bond acceptors (Lipinski definition) is 2. The topological polar surface area (TPSA) is 44.0 Å². The van der Waals surface area contributed by atoms with Crippen LogP contribution in [0, 0.1) is 35.0 Å². The molecule has 0 aromatic rings. The lowest BCUT2D eigenvalue weighted by Gasteiger charge is -2.56. The fraction of sp³-hybridized carbons (Fsp3) is 0.909. The minimum atomic E-state index is -0.371. The van der Waals surface area contributed by atoms with Gasteiger partial charge in [0.2, 0.25) is 0 Å². The Morgan fingerprint density at radius 1 is 1.15 bits per heavy atom. The number of hydrogen-bond donors (Lipinski definition) is 1. The van der Waals surface area contributed by atoms with Crippen LogP contribution >= 0.6 is 0 Å². The van der Waals surface area contributed by atoms with E-state index in [1.165, 1.54) is 12.8 Å². The van der Waals surface area contributed by atoms with Crippen molar-refractivity contribution in [3.63, 3.8) is 0 Å². The second-order valence-electron chi connectivity index (χ2n) is 5.35. The first kappa shape index (κ1) is 7.82. The molecule has 0 aromatic carbocycles. The number of nitriles is 1. The normalized spacial score (nSPS) is 57.8. The van der Waals surface area contributed by atoms with E-state index < -0.39 is 0 Å². The highest BCUT2D eigenvalue weighted by atomic mass is 16.3. The Labute approximate surface area is 78.6 Å². The van der Waals surface area contributed by atoms with Crippen LogP contribution in [0.15, 0.2) is 0 Å². The maximum Gasteiger partial charge on any atom is 0.0661 e. The fourth-order valence-corrected chi connectivity index (χ4v) is 4.19. The van der Waals surface area contributed by atoms with Crippen LogP contribution in [0.2, 0.25) is 0 Å². The van der Waals surface area contributed by atoms with Crippen LogP contribution in [0.25, 0.3) is 0 Å². The van der Waals surface area contributed by atoms with Gasteiger partial charge in [0.15, 0.2) is 0 Å². The van der Waals surface area contributed by atoms with E-state index in [4.69, 9.17) is 5.26 Å². The molecule has 1 N–H and O–H groups in total. The summed E-state index contributed by atoms with van der Waals surface area (Å²) in [5, 5.41) is 19.3. The van der Waals surface area contributed by atoms with Crippen molar-refractivity contribution < 1.29 is 5.11 Å². The number of rotatable bonds is 0. The molecule has 4 bridgehead atoms. The standard InChI is InChI=1S/C11H15NO/c12-6-10-8-1-7-2-9(10)5-11(13,3-7)4-8/h7-10,13H,1-5H2/t7-,8-,9+,10-,11-. The smallest absolute Gasteiger partial charge is 0.0661 e. The molecule has 4 rings (SSSR count). The van der Waals surface area contributed by atoms with Gasteiger partial charge < -0.3 is 5.11 Å².